The molecule has 2 aromatic carbocycles. The molecule has 0 fully saturated rings. The molecule has 1 amide bonds. The molecule has 1 aromatic heterocycles. The van der Waals surface area contributed by atoms with Crippen molar-refractivity contribution < 1.29 is 9.53 Å². The SMILES string of the molecule is CCC(Sc1cccc(N)c1)C(=O)Nc1nc(-c2ccccc2OC)cs1. The van der Waals surface area contributed by atoms with E-state index >= 15 is 0 Å². The second-order valence-electron chi connectivity index (χ2n) is 5.81. The number of nitrogens with zero attached hydrogens (tertiary/aromatic N) is 1. The van der Waals surface area contributed by atoms with Crippen molar-refractivity contribution in [3.05, 3.63) is 53.9 Å². The van der Waals surface area contributed by atoms with E-state index in [-0.39, 0.29) is 11.2 Å². The molecule has 0 bridgehead atoms. The molecule has 0 aliphatic carbocycles. The van der Waals surface area contributed by atoms with Crippen molar-refractivity contribution in [3.63, 3.8) is 0 Å². The van der Waals surface area contributed by atoms with Gasteiger partial charge in [-0.25, -0.2) is 4.98 Å². The molecule has 3 N–H and O–H groups in total. The zero-order valence-corrected chi connectivity index (χ0v) is 16.8. The van der Waals surface area contributed by atoms with Gasteiger partial charge in [0, 0.05) is 21.5 Å². The van der Waals surface area contributed by atoms with Gasteiger partial charge in [-0.2, -0.15) is 0 Å². The minimum Gasteiger partial charge on any atom is -0.496 e. The summed E-state index contributed by atoms with van der Waals surface area (Å²) in [4.78, 5) is 18.2. The summed E-state index contributed by atoms with van der Waals surface area (Å²) < 4.78 is 5.39. The Kier molecular flexibility index (Phi) is 6.36. The van der Waals surface area contributed by atoms with E-state index in [9.17, 15) is 4.79 Å². The molecule has 3 rings (SSSR count). The predicted octanol–water partition coefficient (Wildman–Crippen LogP) is 4.91. The molecule has 140 valence electrons. The number of carbonyl (C=O) groups excluding carboxylic acids is 1. The topological polar surface area (TPSA) is 77.2 Å². The minimum atomic E-state index is -0.217. The summed E-state index contributed by atoms with van der Waals surface area (Å²) in [7, 11) is 1.63. The van der Waals surface area contributed by atoms with Gasteiger partial charge in [-0.3, -0.25) is 4.79 Å². The maximum Gasteiger partial charge on any atom is 0.239 e. The van der Waals surface area contributed by atoms with Gasteiger partial charge < -0.3 is 15.8 Å². The second kappa shape index (κ2) is 8.92. The largest absolute Gasteiger partial charge is 0.496 e. The predicted molar refractivity (Wildman–Crippen MR) is 114 cm³/mol. The number of nitrogens with one attached hydrogen (secondary N) is 1. The lowest BCUT2D eigenvalue weighted by molar-refractivity contribution is -0.115. The maximum absolute atomic E-state index is 12.7. The molecule has 7 heteroatoms. The number of amides is 1. The van der Waals surface area contributed by atoms with Crippen LogP contribution in [0.5, 0.6) is 5.75 Å². The summed E-state index contributed by atoms with van der Waals surface area (Å²) in [6.45, 7) is 1.99. The highest BCUT2D eigenvalue weighted by molar-refractivity contribution is 8.00. The van der Waals surface area contributed by atoms with Crippen molar-refractivity contribution in [2.45, 2.75) is 23.5 Å². The maximum atomic E-state index is 12.7. The van der Waals surface area contributed by atoms with Crippen LogP contribution in [-0.2, 0) is 4.79 Å². The molecule has 0 radical (unpaired) electrons. The normalized spacial score (nSPS) is 11.8. The number of rotatable bonds is 7. The van der Waals surface area contributed by atoms with E-state index < -0.39 is 0 Å². The summed E-state index contributed by atoms with van der Waals surface area (Å²) in [5, 5.41) is 5.21. The van der Waals surface area contributed by atoms with Crippen LogP contribution in [0.1, 0.15) is 13.3 Å². The smallest absolute Gasteiger partial charge is 0.239 e. The van der Waals surface area contributed by atoms with Gasteiger partial charge in [-0.15, -0.1) is 23.1 Å². The van der Waals surface area contributed by atoms with E-state index in [4.69, 9.17) is 10.5 Å². The Morgan fingerprint density at radius 3 is 2.85 bits per heavy atom. The number of ether oxygens (including phenoxy) is 1. The van der Waals surface area contributed by atoms with Crippen molar-refractivity contribution in [2.75, 3.05) is 18.2 Å². The Morgan fingerprint density at radius 1 is 1.30 bits per heavy atom. The van der Waals surface area contributed by atoms with Crippen molar-refractivity contribution in [1.82, 2.24) is 4.98 Å². The van der Waals surface area contributed by atoms with Gasteiger partial charge in [0.1, 0.15) is 5.75 Å². The van der Waals surface area contributed by atoms with E-state index in [0.29, 0.717) is 17.2 Å². The van der Waals surface area contributed by atoms with Gasteiger partial charge in [0.2, 0.25) is 5.91 Å². The highest BCUT2D eigenvalue weighted by Gasteiger charge is 2.20. The van der Waals surface area contributed by atoms with Gasteiger partial charge in [0.05, 0.1) is 18.1 Å². The van der Waals surface area contributed by atoms with Crippen LogP contribution >= 0.6 is 23.1 Å². The lowest BCUT2D eigenvalue weighted by atomic mass is 10.1. The average Bonchev–Trinajstić information content (AvgIpc) is 3.14. The van der Waals surface area contributed by atoms with Gasteiger partial charge in [-0.1, -0.05) is 25.1 Å². The van der Waals surface area contributed by atoms with Crippen LogP contribution in [-0.4, -0.2) is 23.3 Å². The second-order valence-corrected chi connectivity index (χ2v) is 7.95. The van der Waals surface area contributed by atoms with E-state index in [1.165, 1.54) is 23.1 Å². The number of thioether (sulfide) groups is 1. The van der Waals surface area contributed by atoms with Crippen molar-refractivity contribution >= 4 is 39.8 Å². The average molecular weight is 400 g/mol. The molecule has 1 heterocycles. The molecular formula is C20H21N3O2S2. The fourth-order valence-corrected chi connectivity index (χ4v) is 4.31. The lowest BCUT2D eigenvalue weighted by Gasteiger charge is -2.13. The molecule has 3 aromatic rings. The quantitative estimate of drug-likeness (QED) is 0.436. The molecule has 0 saturated heterocycles. The molecule has 5 nitrogen and oxygen atoms in total. The number of para-hydroxylation sites is 1. The van der Waals surface area contributed by atoms with E-state index in [2.05, 4.69) is 10.3 Å². The van der Waals surface area contributed by atoms with Crippen molar-refractivity contribution in [3.8, 4) is 17.0 Å². The highest BCUT2D eigenvalue weighted by atomic mass is 32.2. The van der Waals surface area contributed by atoms with Gasteiger partial charge in [0.25, 0.3) is 0 Å². The number of carbonyl (C=O) groups is 1. The fourth-order valence-electron chi connectivity index (χ4n) is 2.57. The summed E-state index contributed by atoms with van der Waals surface area (Å²) in [5.74, 6) is 0.690. The van der Waals surface area contributed by atoms with E-state index in [1.54, 1.807) is 7.11 Å². The first kappa shape index (κ1) is 19.3. The molecule has 1 unspecified atom stereocenters. The molecule has 0 aliphatic heterocycles. The molecule has 0 saturated carbocycles. The number of thiazole rings is 1. The first-order chi connectivity index (χ1) is 13.1. The van der Waals surface area contributed by atoms with Crippen LogP contribution in [0.25, 0.3) is 11.3 Å². The molecular weight excluding hydrogens is 378 g/mol. The Hall–Kier alpha value is -2.51. The fraction of sp³-hybridized carbons (Fsp3) is 0.200. The van der Waals surface area contributed by atoms with Gasteiger partial charge >= 0.3 is 0 Å². The summed E-state index contributed by atoms with van der Waals surface area (Å²) in [6, 6.07) is 15.3. The molecule has 0 aliphatic rings. The molecule has 27 heavy (non-hydrogen) atoms. The summed E-state index contributed by atoms with van der Waals surface area (Å²) in [6.07, 6.45) is 0.704. The number of nitrogen functional groups attached to an aromatic ring is 1. The summed E-state index contributed by atoms with van der Waals surface area (Å²) >= 11 is 2.90. The Bertz CT molecular complexity index is 927. The van der Waals surface area contributed by atoms with Crippen LogP contribution in [0.15, 0.2) is 58.8 Å². The van der Waals surface area contributed by atoms with Crippen molar-refractivity contribution in [1.29, 1.82) is 0 Å². The van der Waals surface area contributed by atoms with E-state index in [1.807, 2.05) is 60.8 Å². The number of anilines is 2. The van der Waals surface area contributed by atoms with Crippen molar-refractivity contribution in [2.24, 2.45) is 0 Å². The number of benzene rings is 2. The van der Waals surface area contributed by atoms with Gasteiger partial charge in [0.15, 0.2) is 5.13 Å². The monoisotopic (exact) mass is 399 g/mol. The first-order valence-electron chi connectivity index (χ1n) is 8.52. The number of methoxy groups -OCH3 is 1. The number of hydrogen-bond donors (Lipinski definition) is 2. The standard InChI is InChI=1S/C20H21N3O2S2/c1-3-18(27-14-8-6-7-13(21)11-14)19(24)23-20-22-16(12-26-20)15-9-4-5-10-17(15)25-2/h4-12,18H,3,21H2,1-2H3,(H,22,23,24). The van der Waals surface area contributed by atoms with E-state index in [0.717, 1.165) is 21.9 Å². The Morgan fingerprint density at radius 2 is 2.11 bits per heavy atom. The highest BCUT2D eigenvalue weighted by Crippen LogP contribution is 2.33. The Balaban J connectivity index is 1.71. The van der Waals surface area contributed by atoms with Crippen LogP contribution < -0.4 is 15.8 Å². The van der Waals surface area contributed by atoms with Crippen LogP contribution in [0.2, 0.25) is 0 Å². The van der Waals surface area contributed by atoms with Gasteiger partial charge in [-0.05, 0) is 36.8 Å². The third-order valence-corrected chi connectivity index (χ3v) is 6.03. The lowest BCUT2D eigenvalue weighted by Crippen LogP contribution is -2.24. The summed E-state index contributed by atoms with van der Waals surface area (Å²) in [5.41, 5.74) is 8.20. The zero-order valence-electron chi connectivity index (χ0n) is 15.1. The third-order valence-electron chi connectivity index (χ3n) is 3.92. The number of aromatic nitrogens is 1. The first-order valence-corrected chi connectivity index (χ1v) is 10.3. The van der Waals surface area contributed by atoms with Crippen LogP contribution in [0, 0.1) is 0 Å². The van der Waals surface area contributed by atoms with Crippen LogP contribution in [0.3, 0.4) is 0 Å². The zero-order chi connectivity index (χ0) is 19.2. The number of nitrogens with two attached hydrogens (primary N) is 1. The van der Waals surface area contributed by atoms with Crippen LogP contribution in [0.4, 0.5) is 10.8 Å². The number of hydrogen-bond acceptors (Lipinski definition) is 6. The molecule has 0 spiro atoms. The minimum absolute atomic E-state index is 0.0640. The third kappa shape index (κ3) is 4.81. The molecule has 1 atom stereocenters. The Labute approximate surface area is 167 Å².